The fourth-order valence-electron chi connectivity index (χ4n) is 2.18. The predicted molar refractivity (Wildman–Crippen MR) is 82.8 cm³/mol. The van der Waals surface area contributed by atoms with Gasteiger partial charge in [-0.1, -0.05) is 44.4 Å². The van der Waals surface area contributed by atoms with Gasteiger partial charge >= 0.3 is 0 Å². The molecular weight excluding hydrogens is 242 g/mol. The molecule has 2 heteroatoms. The van der Waals surface area contributed by atoms with E-state index in [1.807, 2.05) is 0 Å². The SMILES string of the molecule is CCCCN(CCCC)c1ccc(C)cc1CCl. The monoisotopic (exact) mass is 267 g/mol. The molecule has 0 aliphatic carbocycles. The number of benzene rings is 1. The fraction of sp³-hybridized carbons (Fsp3) is 0.625. The predicted octanol–water partition coefficient (Wildman–Crippen LogP) is 5.14. The Kier molecular flexibility index (Phi) is 7.19. The van der Waals surface area contributed by atoms with Crippen molar-refractivity contribution in [1.29, 1.82) is 0 Å². The van der Waals surface area contributed by atoms with Crippen LogP contribution in [0, 0.1) is 6.92 Å². The summed E-state index contributed by atoms with van der Waals surface area (Å²) in [6, 6.07) is 6.64. The zero-order valence-corrected chi connectivity index (χ0v) is 12.8. The van der Waals surface area contributed by atoms with Crippen LogP contribution < -0.4 is 4.90 Å². The molecule has 1 rings (SSSR count). The molecule has 102 valence electrons. The van der Waals surface area contributed by atoms with Crippen LogP contribution in [0.5, 0.6) is 0 Å². The van der Waals surface area contributed by atoms with E-state index < -0.39 is 0 Å². The highest BCUT2D eigenvalue weighted by Crippen LogP contribution is 2.24. The molecule has 1 nitrogen and oxygen atoms in total. The van der Waals surface area contributed by atoms with Gasteiger partial charge in [0.25, 0.3) is 0 Å². The second kappa shape index (κ2) is 8.42. The van der Waals surface area contributed by atoms with Gasteiger partial charge in [0.1, 0.15) is 0 Å². The third-order valence-corrected chi connectivity index (χ3v) is 3.57. The third kappa shape index (κ3) is 4.53. The maximum absolute atomic E-state index is 6.09. The molecule has 0 unspecified atom stereocenters. The summed E-state index contributed by atoms with van der Waals surface area (Å²) >= 11 is 6.09. The van der Waals surface area contributed by atoms with E-state index in [0.29, 0.717) is 5.88 Å². The first kappa shape index (κ1) is 15.4. The molecule has 0 radical (unpaired) electrons. The molecule has 0 saturated heterocycles. The fourth-order valence-corrected chi connectivity index (χ4v) is 2.39. The van der Waals surface area contributed by atoms with Gasteiger partial charge in [0, 0.05) is 24.7 Å². The zero-order chi connectivity index (χ0) is 13.4. The van der Waals surface area contributed by atoms with Gasteiger partial charge in [-0.15, -0.1) is 11.6 Å². The summed E-state index contributed by atoms with van der Waals surface area (Å²) in [6.07, 6.45) is 4.98. The van der Waals surface area contributed by atoms with Crippen molar-refractivity contribution in [2.45, 2.75) is 52.3 Å². The standard InChI is InChI=1S/C16H26ClN/c1-4-6-10-18(11-7-5-2)16-9-8-14(3)12-15(16)13-17/h8-9,12H,4-7,10-11,13H2,1-3H3. The summed E-state index contributed by atoms with van der Waals surface area (Å²) in [5.74, 6) is 0.603. The Morgan fingerprint density at radius 2 is 1.67 bits per heavy atom. The van der Waals surface area contributed by atoms with Crippen LogP contribution in [-0.4, -0.2) is 13.1 Å². The Bertz CT molecular complexity index is 341. The molecule has 0 N–H and O–H groups in total. The van der Waals surface area contributed by atoms with Crippen molar-refractivity contribution in [3.63, 3.8) is 0 Å². The van der Waals surface area contributed by atoms with Gasteiger partial charge < -0.3 is 4.90 Å². The van der Waals surface area contributed by atoms with Crippen molar-refractivity contribution in [3.05, 3.63) is 29.3 Å². The third-order valence-electron chi connectivity index (χ3n) is 3.28. The lowest BCUT2D eigenvalue weighted by Gasteiger charge is -2.27. The molecule has 0 fully saturated rings. The van der Waals surface area contributed by atoms with Crippen LogP contribution in [0.15, 0.2) is 18.2 Å². The molecule has 0 aliphatic rings. The molecule has 0 amide bonds. The second-order valence-electron chi connectivity index (χ2n) is 4.96. The van der Waals surface area contributed by atoms with Gasteiger partial charge in [0.2, 0.25) is 0 Å². The van der Waals surface area contributed by atoms with Crippen LogP contribution in [0.2, 0.25) is 0 Å². The Morgan fingerprint density at radius 1 is 1.06 bits per heavy atom. The zero-order valence-electron chi connectivity index (χ0n) is 12.0. The van der Waals surface area contributed by atoms with E-state index >= 15 is 0 Å². The molecule has 0 aromatic heterocycles. The van der Waals surface area contributed by atoms with Crippen molar-refractivity contribution < 1.29 is 0 Å². The average molecular weight is 268 g/mol. The average Bonchev–Trinajstić information content (AvgIpc) is 2.39. The minimum Gasteiger partial charge on any atom is -0.371 e. The molecule has 0 saturated carbocycles. The van der Waals surface area contributed by atoms with Crippen molar-refractivity contribution in [2.24, 2.45) is 0 Å². The van der Waals surface area contributed by atoms with E-state index in [1.54, 1.807) is 0 Å². The highest BCUT2D eigenvalue weighted by atomic mass is 35.5. The molecule has 0 spiro atoms. The van der Waals surface area contributed by atoms with Crippen LogP contribution >= 0.6 is 11.6 Å². The number of alkyl halides is 1. The highest BCUT2D eigenvalue weighted by molar-refractivity contribution is 6.17. The number of anilines is 1. The smallest absolute Gasteiger partial charge is 0.0494 e. The lowest BCUT2D eigenvalue weighted by atomic mass is 10.1. The number of hydrogen-bond donors (Lipinski definition) is 0. The van der Waals surface area contributed by atoms with E-state index in [4.69, 9.17) is 11.6 Å². The van der Waals surface area contributed by atoms with Crippen LogP contribution in [0.1, 0.15) is 50.7 Å². The van der Waals surface area contributed by atoms with Crippen molar-refractivity contribution in [2.75, 3.05) is 18.0 Å². The normalized spacial score (nSPS) is 10.7. The first-order valence-corrected chi connectivity index (χ1v) is 7.66. The number of hydrogen-bond acceptors (Lipinski definition) is 1. The molecule has 0 aliphatic heterocycles. The quantitative estimate of drug-likeness (QED) is 0.590. The maximum atomic E-state index is 6.09. The minimum atomic E-state index is 0.603. The van der Waals surface area contributed by atoms with Gasteiger partial charge in [-0.2, -0.15) is 0 Å². The molecular formula is C16H26ClN. The van der Waals surface area contributed by atoms with Crippen LogP contribution in [-0.2, 0) is 5.88 Å². The molecule has 0 heterocycles. The summed E-state index contributed by atoms with van der Waals surface area (Å²) in [5, 5.41) is 0. The number of aryl methyl sites for hydroxylation is 1. The van der Waals surface area contributed by atoms with Crippen LogP contribution in [0.25, 0.3) is 0 Å². The number of halogens is 1. The van der Waals surface area contributed by atoms with E-state index in [9.17, 15) is 0 Å². The summed E-state index contributed by atoms with van der Waals surface area (Å²) in [4.78, 5) is 2.50. The number of unbranched alkanes of at least 4 members (excludes halogenated alkanes) is 2. The summed E-state index contributed by atoms with van der Waals surface area (Å²) in [7, 11) is 0. The molecule has 0 atom stereocenters. The van der Waals surface area contributed by atoms with Crippen molar-refractivity contribution in [1.82, 2.24) is 0 Å². The summed E-state index contributed by atoms with van der Waals surface area (Å²) < 4.78 is 0. The number of rotatable bonds is 8. The van der Waals surface area contributed by atoms with E-state index in [2.05, 4.69) is 43.9 Å². The first-order valence-electron chi connectivity index (χ1n) is 7.13. The Balaban J connectivity index is 2.88. The van der Waals surface area contributed by atoms with Gasteiger partial charge in [-0.05, 0) is 31.4 Å². The van der Waals surface area contributed by atoms with Gasteiger partial charge in [-0.3, -0.25) is 0 Å². The van der Waals surface area contributed by atoms with E-state index in [-0.39, 0.29) is 0 Å². The Morgan fingerprint density at radius 3 is 2.17 bits per heavy atom. The highest BCUT2D eigenvalue weighted by Gasteiger charge is 2.10. The minimum absolute atomic E-state index is 0.603. The van der Waals surface area contributed by atoms with Gasteiger partial charge in [0.15, 0.2) is 0 Å². The topological polar surface area (TPSA) is 3.24 Å². The van der Waals surface area contributed by atoms with Gasteiger partial charge in [-0.25, -0.2) is 0 Å². The Labute approximate surface area is 117 Å². The number of nitrogens with zero attached hydrogens (tertiary/aromatic N) is 1. The maximum Gasteiger partial charge on any atom is 0.0494 e. The lowest BCUT2D eigenvalue weighted by molar-refractivity contribution is 0.676. The van der Waals surface area contributed by atoms with Crippen molar-refractivity contribution >= 4 is 17.3 Å². The van der Waals surface area contributed by atoms with Crippen LogP contribution in [0.4, 0.5) is 5.69 Å². The largest absolute Gasteiger partial charge is 0.371 e. The molecule has 0 bridgehead atoms. The summed E-state index contributed by atoms with van der Waals surface area (Å²) in [5.41, 5.74) is 3.89. The van der Waals surface area contributed by atoms with Crippen LogP contribution in [0.3, 0.4) is 0 Å². The first-order chi connectivity index (χ1) is 8.72. The Hall–Kier alpha value is -0.690. The van der Waals surface area contributed by atoms with Gasteiger partial charge in [0.05, 0.1) is 0 Å². The lowest BCUT2D eigenvalue weighted by Crippen LogP contribution is -2.26. The summed E-state index contributed by atoms with van der Waals surface area (Å²) in [6.45, 7) is 8.90. The second-order valence-corrected chi connectivity index (χ2v) is 5.23. The molecule has 18 heavy (non-hydrogen) atoms. The van der Waals surface area contributed by atoms with Crippen molar-refractivity contribution in [3.8, 4) is 0 Å². The molecule has 1 aromatic carbocycles. The molecule has 1 aromatic rings. The van der Waals surface area contributed by atoms with E-state index in [0.717, 1.165) is 13.1 Å². The van der Waals surface area contributed by atoms with E-state index in [1.165, 1.54) is 42.5 Å².